The molecule has 0 radical (unpaired) electrons. The van der Waals surface area contributed by atoms with Crippen LogP contribution in [0.3, 0.4) is 0 Å². The Balaban J connectivity index is -0.000000554. The SMILES string of the molecule is COCC(=O)OC.COc1cnc(-c2ccccn2)[nH]c1=O.N#Cc1ccccn1.N=C(N)c1ccccn1.[CH-]=C(CC)C(=O)OC.[K+].[OH-]. The molecule has 0 aliphatic rings. The van der Waals surface area contributed by atoms with Crippen LogP contribution in [0.2, 0.25) is 0 Å². The second-order valence-corrected chi connectivity index (χ2v) is 8.18. The van der Waals surface area contributed by atoms with Gasteiger partial charge >= 0.3 is 57.4 Å². The smallest absolute Gasteiger partial charge is 0.870 e. The fourth-order valence-corrected chi connectivity index (χ4v) is 2.56. The number of carbonyl (C=O) groups is 2. The summed E-state index contributed by atoms with van der Waals surface area (Å²) in [5.74, 6) is -0.137. The Morgan fingerprint density at radius 2 is 1.53 bits per heavy atom. The van der Waals surface area contributed by atoms with Crippen LogP contribution in [-0.2, 0) is 23.8 Å². The molecule has 49 heavy (non-hydrogen) atoms. The molecule has 4 heterocycles. The van der Waals surface area contributed by atoms with Gasteiger partial charge in [0.1, 0.15) is 35.6 Å². The molecular formula is C32H38KN8O8-. The summed E-state index contributed by atoms with van der Waals surface area (Å²) in [6.45, 7) is 7.01. The maximum Gasteiger partial charge on any atom is 1.00 e. The van der Waals surface area contributed by atoms with Crippen molar-refractivity contribution >= 4 is 17.8 Å². The first-order valence-electron chi connectivity index (χ1n) is 13.4. The van der Waals surface area contributed by atoms with Crippen LogP contribution in [0.25, 0.3) is 11.5 Å². The summed E-state index contributed by atoms with van der Waals surface area (Å²) in [6.07, 6.45) is 6.77. The topological polar surface area (TPSA) is 259 Å². The molecule has 0 unspecified atom stereocenters. The third-order valence-corrected chi connectivity index (χ3v) is 4.93. The van der Waals surface area contributed by atoms with E-state index in [2.05, 4.69) is 39.1 Å². The van der Waals surface area contributed by atoms with E-state index in [0.717, 1.165) is 0 Å². The largest absolute Gasteiger partial charge is 1.00 e. The van der Waals surface area contributed by atoms with Gasteiger partial charge in [0, 0.05) is 25.7 Å². The number of aromatic amines is 1. The van der Waals surface area contributed by atoms with Crippen molar-refractivity contribution in [1.29, 1.82) is 10.7 Å². The number of carbonyl (C=O) groups excluding carboxylic acids is 2. The number of ether oxygens (including phenoxy) is 4. The number of nitrogens with two attached hydrogens (primary N) is 1. The molecule has 0 fully saturated rings. The van der Waals surface area contributed by atoms with Gasteiger partial charge in [0.05, 0.1) is 27.5 Å². The number of nitrogens with zero attached hydrogens (tertiary/aromatic N) is 5. The fourth-order valence-electron chi connectivity index (χ4n) is 2.56. The third-order valence-electron chi connectivity index (χ3n) is 4.93. The van der Waals surface area contributed by atoms with Crippen molar-refractivity contribution in [3.63, 3.8) is 0 Å². The zero-order chi connectivity index (χ0) is 35.5. The molecule has 0 spiro atoms. The van der Waals surface area contributed by atoms with E-state index in [1.54, 1.807) is 74.0 Å². The molecule has 4 aromatic rings. The molecule has 0 aliphatic heterocycles. The van der Waals surface area contributed by atoms with Crippen LogP contribution in [0.15, 0.2) is 89.8 Å². The number of nitriles is 1. The van der Waals surface area contributed by atoms with Gasteiger partial charge in [-0.2, -0.15) is 5.26 Å². The number of rotatable bonds is 7. The molecule has 256 valence electrons. The zero-order valence-electron chi connectivity index (χ0n) is 28.1. The van der Waals surface area contributed by atoms with Gasteiger partial charge in [0.25, 0.3) is 5.56 Å². The number of esters is 2. The number of pyridine rings is 3. The minimum Gasteiger partial charge on any atom is -0.870 e. The van der Waals surface area contributed by atoms with Crippen molar-refractivity contribution in [3.8, 4) is 23.3 Å². The van der Waals surface area contributed by atoms with Crippen LogP contribution in [0.4, 0.5) is 0 Å². The van der Waals surface area contributed by atoms with E-state index in [1.165, 1.54) is 34.6 Å². The minimum atomic E-state index is -0.424. The van der Waals surface area contributed by atoms with Crippen molar-refractivity contribution < 1.29 is 85.4 Å². The third kappa shape index (κ3) is 22.5. The Hall–Kier alpha value is -4.67. The van der Waals surface area contributed by atoms with E-state index in [0.29, 0.717) is 29.3 Å². The maximum atomic E-state index is 11.4. The first-order chi connectivity index (χ1) is 22.6. The van der Waals surface area contributed by atoms with E-state index >= 15 is 0 Å². The number of hydrogen-bond donors (Lipinski definition) is 3. The first-order valence-corrected chi connectivity index (χ1v) is 13.4. The molecule has 0 saturated carbocycles. The maximum absolute atomic E-state index is 11.4. The van der Waals surface area contributed by atoms with Crippen molar-refractivity contribution in [2.75, 3.05) is 35.0 Å². The van der Waals surface area contributed by atoms with E-state index in [4.69, 9.17) is 27.7 Å². The minimum absolute atomic E-state index is 0. The molecular weight excluding hydrogens is 663 g/mol. The molecule has 5 N–H and O–H groups in total. The molecule has 17 heteroatoms. The molecule has 0 aromatic carbocycles. The number of aromatic nitrogens is 5. The van der Waals surface area contributed by atoms with E-state index in [-0.39, 0.29) is 92.2 Å². The van der Waals surface area contributed by atoms with Gasteiger partial charge in [-0.25, -0.2) is 14.8 Å². The van der Waals surface area contributed by atoms with Crippen LogP contribution < -0.4 is 67.4 Å². The van der Waals surface area contributed by atoms with Gasteiger partial charge in [-0.3, -0.25) is 26.8 Å². The molecule has 16 nitrogen and oxygen atoms in total. The molecule has 0 atom stereocenters. The second kappa shape index (κ2) is 30.6. The van der Waals surface area contributed by atoms with Crippen molar-refractivity contribution in [1.82, 2.24) is 24.9 Å². The predicted molar refractivity (Wildman–Crippen MR) is 175 cm³/mol. The number of nitrogen functional groups attached to an aromatic ring is 1. The zero-order valence-corrected chi connectivity index (χ0v) is 31.2. The summed E-state index contributed by atoms with van der Waals surface area (Å²) < 4.78 is 17.8. The molecule has 0 saturated heterocycles. The summed E-state index contributed by atoms with van der Waals surface area (Å²) >= 11 is 0. The molecule has 4 rings (SSSR count). The van der Waals surface area contributed by atoms with Crippen LogP contribution in [0, 0.1) is 23.3 Å². The average molecular weight is 702 g/mol. The van der Waals surface area contributed by atoms with Gasteiger partial charge in [-0.1, -0.05) is 31.5 Å². The van der Waals surface area contributed by atoms with Crippen LogP contribution in [0.5, 0.6) is 5.75 Å². The van der Waals surface area contributed by atoms with Gasteiger partial charge < -0.3 is 39.9 Å². The van der Waals surface area contributed by atoms with Crippen molar-refractivity contribution in [3.05, 3.63) is 113 Å². The van der Waals surface area contributed by atoms with Gasteiger partial charge in [0.2, 0.25) is 5.75 Å². The predicted octanol–water partition coefficient (Wildman–Crippen LogP) is -0.279. The molecule has 0 bridgehead atoms. The standard InChI is InChI=1S/C10H9N3O2.C6H7N3.C6H4N2.C6H9O2.C4H8O3.K.H2O/c1-15-8-6-12-9(13-10(8)14)7-4-2-3-5-11-7;7-6(8)5-3-1-2-4-9-5;7-5-6-3-1-2-4-8-6;1-4-5(2)6(7)8-3;1-6-3-4(5)7-2;;/h2-6H,1H3,(H,12,13,14);1-4H,(H3,7,8);1-4H;2H,4H2,1,3H3;3H2,1-2H3;;1H2/q;;;-1;;+1;/p-1. The first kappa shape index (κ1) is 48.7. The normalized spacial score (nSPS) is 8.49. The summed E-state index contributed by atoms with van der Waals surface area (Å²) in [4.78, 5) is 50.1. The Kier molecular flexibility index (Phi) is 30.5. The quantitative estimate of drug-likeness (QED) is 0.0559. The summed E-state index contributed by atoms with van der Waals surface area (Å²) in [6, 6.07) is 17.8. The average Bonchev–Trinajstić information content (AvgIpc) is 3.13. The number of H-pyrrole nitrogens is 1. The second-order valence-electron chi connectivity index (χ2n) is 8.18. The Morgan fingerprint density at radius 3 is 1.84 bits per heavy atom. The Morgan fingerprint density at radius 1 is 0.939 bits per heavy atom. The van der Waals surface area contributed by atoms with Gasteiger partial charge in [-0.05, 0) is 36.4 Å². The van der Waals surface area contributed by atoms with Gasteiger partial charge in [0.15, 0.2) is 11.8 Å². The number of methoxy groups -OCH3 is 4. The van der Waals surface area contributed by atoms with E-state index in [9.17, 15) is 14.4 Å². The Bertz CT molecular complexity index is 1590. The number of hydrogen-bond acceptors (Lipinski definition) is 14. The van der Waals surface area contributed by atoms with Gasteiger partial charge in [-0.15, -0.1) is 5.57 Å². The summed E-state index contributed by atoms with van der Waals surface area (Å²) in [5.41, 5.74) is 6.71. The molecule has 0 aliphatic carbocycles. The summed E-state index contributed by atoms with van der Waals surface area (Å²) in [5, 5.41) is 15.2. The summed E-state index contributed by atoms with van der Waals surface area (Å²) in [7, 11) is 5.50. The molecule has 4 aromatic heterocycles. The van der Waals surface area contributed by atoms with Crippen molar-refractivity contribution in [2.45, 2.75) is 13.3 Å². The Labute approximate surface area is 327 Å². The van der Waals surface area contributed by atoms with E-state index < -0.39 is 5.97 Å². The van der Waals surface area contributed by atoms with Crippen LogP contribution in [-0.4, -0.2) is 83.2 Å². The van der Waals surface area contributed by atoms with E-state index in [1.807, 2.05) is 12.1 Å². The number of nitrogens with one attached hydrogen (secondary N) is 2. The number of amidine groups is 1. The fraction of sp³-hybridized carbons (Fsp3) is 0.219. The molecule has 0 amide bonds. The monoisotopic (exact) mass is 701 g/mol. The van der Waals surface area contributed by atoms with Crippen LogP contribution >= 0.6 is 0 Å². The van der Waals surface area contributed by atoms with Crippen molar-refractivity contribution in [2.24, 2.45) is 5.73 Å². The van der Waals surface area contributed by atoms with Crippen LogP contribution in [0.1, 0.15) is 24.7 Å².